The summed E-state index contributed by atoms with van der Waals surface area (Å²) in [5, 5.41) is 14.8. The van der Waals surface area contributed by atoms with E-state index in [0.717, 1.165) is 16.5 Å². The first kappa shape index (κ1) is 18.5. The zero-order chi connectivity index (χ0) is 19.4. The van der Waals surface area contributed by atoms with Crippen LogP contribution in [0.2, 0.25) is 0 Å². The average molecular weight is 364 g/mol. The Hall–Kier alpha value is -3.32. The number of carbonyl (C=O) groups is 1. The number of rotatable bonds is 6. The summed E-state index contributed by atoms with van der Waals surface area (Å²) in [6.07, 6.45) is 1.71. The van der Waals surface area contributed by atoms with Crippen molar-refractivity contribution in [1.29, 1.82) is 0 Å². The number of nitrogens with zero attached hydrogens (tertiary/aromatic N) is 3. The fourth-order valence-corrected chi connectivity index (χ4v) is 2.92. The quantitative estimate of drug-likeness (QED) is 0.531. The fourth-order valence-electron chi connectivity index (χ4n) is 2.92. The Morgan fingerprint density at radius 2 is 2.00 bits per heavy atom. The van der Waals surface area contributed by atoms with E-state index >= 15 is 0 Å². The molecule has 1 unspecified atom stereocenters. The van der Waals surface area contributed by atoms with Gasteiger partial charge in [0, 0.05) is 29.8 Å². The molecule has 0 radical (unpaired) electrons. The molecule has 138 valence electrons. The van der Waals surface area contributed by atoms with E-state index in [4.69, 9.17) is 0 Å². The highest BCUT2D eigenvalue weighted by molar-refractivity contribution is 6.01. The van der Waals surface area contributed by atoms with E-state index in [9.17, 15) is 14.9 Å². The Bertz CT molecular complexity index is 984. The molecule has 0 aliphatic heterocycles. The molecule has 0 saturated heterocycles. The summed E-state index contributed by atoms with van der Waals surface area (Å²) >= 11 is 0. The zero-order valence-corrected chi connectivity index (χ0v) is 15.1. The second-order valence-electron chi connectivity index (χ2n) is 6.37. The monoisotopic (exact) mass is 364 g/mol. The third-order valence-corrected chi connectivity index (χ3v) is 4.54. The SMILES string of the molecule is CC(c1cccc([N+](=O)[O-])c1)N(C)CC(=O)Nc1cccc2ncccc12. The lowest BCUT2D eigenvalue weighted by Crippen LogP contribution is -2.32. The van der Waals surface area contributed by atoms with Crippen LogP contribution in [0.25, 0.3) is 10.9 Å². The largest absolute Gasteiger partial charge is 0.324 e. The number of amides is 1. The maximum Gasteiger partial charge on any atom is 0.269 e. The molecule has 3 rings (SSSR count). The van der Waals surface area contributed by atoms with Crippen molar-refractivity contribution in [2.75, 3.05) is 18.9 Å². The minimum atomic E-state index is -0.419. The third-order valence-electron chi connectivity index (χ3n) is 4.54. The maximum atomic E-state index is 12.5. The van der Waals surface area contributed by atoms with Crippen LogP contribution in [0, 0.1) is 10.1 Å². The van der Waals surface area contributed by atoms with Crippen molar-refractivity contribution in [2.24, 2.45) is 0 Å². The van der Waals surface area contributed by atoms with Gasteiger partial charge in [-0.15, -0.1) is 0 Å². The van der Waals surface area contributed by atoms with Crippen LogP contribution in [0.4, 0.5) is 11.4 Å². The summed E-state index contributed by atoms with van der Waals surface area (Å²) in [6.45, 7) is 2.06. The highest BCUT2D eigenvalue weighted by Gasteiger charge is 2.17. The molecule has 7 heteroatoms. The molecule has 0 fully saturated rings. The number of aromatic nitrogens is 1. The first-order valence-electron chi connectivity index (χ1n) is 8.54. The van der Waals surface area contributed by atoms with Gasteiger partial charge in [0.15, 0.2) is 0 Å². The molecule has 1 amide bonds. The third kappa shape index (κ3) is 4.27. The van der Waals surface area contributed by atoms with E-state index in [1.807, 2.05) is 55.3 Å². The Kier molecular flexibility index (Phi) is 5.42. The van der Waals surface area contributed by atoms with E-state index in [0.29, 0.717) is 5.69 Å². The van der Waals surface area contributed by atoms with Crippen LogP contribution in [-0.2, 0) is 4.79 Å². The molecule has 0 spiro atoms. The summed E-state index contributed by atoms with van der Waals surface area (Å²) in [5.74, 6) is -0.161. The van der Waals surface area contributed by atoms with E-state index in [-0.39, 0.29) is 24.2 Å². The highest BCUT2D eigenvalue weighted by atomic mass is 16.6. The minimum absolute atomic E-state index is 0.0421. The number of benzene rings is 2. The Morgan fingerprint density at radius 1 is 1.22 bits per heavy atom. The van der Waals surface area contributed by atoms with Crippen LogP contribution < -0.4 is 5.32 Å². The number of hydrogen-bond donors (Lipinski definition) is 1. The normalized spacial score (nSPS) is 12.1. The number of carbonyl (C=O) groups excluding carboxylic acids is 1. The molecular weight excluding hydrogens is 344 g/mol. The van der Waals surface area contributed by atoms with Crippen LogP contribution in [-0.4, -0.2) is 34.3 Å². The van der Waals surface area contributed by atoms with Gasteiger partial charge in [0.2, 0.25) is 5.91 Å². The van der Waals surface area contributed by atoms with E-state index in [1.165, 1.54) is 12.1 Å². The summed E-state index contributed by atoms with van der Waals surface area (Å²) < 4.78 is 0. The number of hydrogen-bond acceptors (Lipinski definition) is 5. The molecule has 1 atom stereocenters. The molecule has 1 N–H and O–H groups in total. The van der Waals surface area contributed by atoms with Gasteiger partial charge in [0.25, 0.3) is 5.69 Å². The van der Waals surface area contributed by atoms with Crippen molar-refractivity contribution in [2.45, 2.75) is 13.0 Å². The molecule has 2 aromatic carbocycles. The van der Waals surface area contributed by atoms with Gasteiger partial charge in [0.05, 0.1) is 22.7 Å². The lowest BCUT2D eigenvalue weighted by atomic mass is 10.1. The highest BCUT2D eigenvalue weighted by Crippen LogP contribution is 2.24. The van der Waals surface area contributed by atoms with Gasteiger partial charge in [0.1, 0.15) is 0 Å². The molecule has 1 heterocycles. The first-order valence-corrected chi connectivity index (χ1v) is 8.54. The Labute approximate surface area is 156 Å². The van der Waals surface area contributed by atoms with Crippen LogP contribution in [0.3, 0.4) is 0 Å². The van der Waals surface area contributed by atoms with Crippen molar-refractivity contribution in [3.8, 4) is 0 Å². The molecule has 0 aliphatic rings. The van der Waals surface area contributed by atoms with Gasteiger partial charge in [-0.25, -0.2) is 0 Å². The number of nitrogens with one attached hydrogen (secondary N) is 1. The van der Waals surface area contributed by atoms with Crippen LogP contribution in [0.15, 0.2) is 60.8 Å². The van der Waals surface area contributed by atoms with Crippen molar-refractivity contribution in [3.05, 3.63) is 76.5 Å². The molecular formula is C20H20N4O3. The smallest absolute Gasteiger partial charge is 0.269 e. The molecule has 0 saturated carbocycles. The average Bonchev–Trinajstić information content (AvgIpc) is 2.67. The molecule has 1 aromatic heterocycles. The predicted molar refractivity (Wildman–Crippen MR) is 105 cm³/mol. The van der Waals surface area contributed by atoms with E-state index in [2.05, 4.69) is 10.3 Å². The number of likely N-dealkylation sites (N-methyl/N-ethyl adjacent to an activating group) is 1. The number of nitro benzene ring substituents is 1. The fraction of sp³-hybridized carbons (Fsp3) is 0.200. The molecule has 3 aromatic rings. The van der Waals surface area contributed by atoms with Crippen molar-refractivity contribution in [1.82, 2.24) is 9.88 Å². The zero-order valence-electron chi connectivity index (χ0n) is 15.1. The summed E-state index contributed by atoms with van der Waals surface area (Å²) in [5.41, 5.74) is 2.35. The predicted octanol–water partition coefficient (Wildman–Crippen LogP) is 3.77. The molecule has 0 bridgehead atoms. The van der Waals surface area contributed by atoms with Crippen molar-refractivity contribution in [3.63, 3.8) is 0 Å². The molecule has 7 nitrogen and oxygen atoms in total. The van der Waals surface area contributed by atoms with Gasteiger partial charge in [-0.2, -0.15) is 0 Å². The number of pyridine rings is 1. The summed E-state index contributed by atoms with van der Waals surface area (Å²) in [4.78, 5) is 29.2. The van der Waals surface area contributed by atoms with Crippen molar-refractivity contribution >= 4 is 28.2 Å². The second kappa shape index (κ2) is 7.92. The standard InChI is InChI=1S/C20H20N4O3/c1-14(15-6-3-7-16(12-15)24(26)27)23(2)13-20(25)22-19-10-4-9-18-17(19)8-5-11-21-18/h3-12,14H,13H2,1-2H3,(H,22,25). The minimum Gasteiger partial charge on any atom is -0.324 e. The lowest BCUT2D eigenvalue weighted by Gasteiger charge is -2.24. The van der Waals surface area contributed by atoms with E-state index in [1.54, 1.807) is 12.3 Å². The number of nitro groups is 1. The Balaban J connectivity index is 1.70. The summed E-state index contributed by atoms with van der Waals surface area (Å²) in [6, 6.07) is 15.6. The van der Waals surface area contributed by atoms with Gasteiger partial charge in [-0.05, 0) is 43.8 Å². The van der Waals surface area contributed by atoms with E-state index < -0.39 is 4.92 Å². The Morgan fingerprint density at radius 3 is 2.78 bits per heavy atom. The number of anilines is 1. The van der Waals surface area contributed by atoms with Gasteiger partial charge >= 0.3 is 0 Å². The first-order chi connectivity index (χ1) is 13.0. The number of fused-ring (bicyclic) bond motifs is 1. The maximum absolute atomic E-state index is 12.5. The molecule has 27 heavy (non-hydrogen) atoms. The second-order valence-corrected chi connectivity index (χ2v) is 6.37. The topological polar surface area (TPSA) is 88.4 Å². The van der Waals surface area contributed by atoms with Crippen molar-refractivity contribution < 1.29 is 9.72 Å². The van der Waals surface area contributed by atoms with Crippen LogP contribution in [0.5, 0.6) is 0 Å². The van der Waals surface area contributed by atoms with Gasteiger partial charge in [-0.1, -0.05) is 18.2 Å². The van der Waals surface area contributed by atoms with Gasteiger partial charge in [-0.3, -0.25) is 24.8 Å². The lowest BCUT2D eigenvalue weighted by molar-refractivity contribution is -0.384. The van der Waals surface area contributed by atoms with Gasteiger partial charge < -0.3 is 5.32 Å². The number of non-ortho nitro benzene ring substituents is 1. The molecule has 0 aliphatic carbocycles. The van der Waals surface area contributed by atoms with Crippen LogP contribution >= 0.6 is 0 Å². The van der Waals surface area contributed by atoms with Crippen LogP contribution in [0.1, 0.15) is 18.5 Å². The summed E-state index contributed by atoms with van der Waals surface area (Å²) in [7, 11) is 1.81.